The van der Waals surface area contributed by atoms with Crippen molar-refractivity contribution in [3.8, 4) is 5.75 Å². The molecule has 0 fully saturated rings. The lowest BCUT2D eigenvalue weighted by atomic mass is 10.2. The third kappa shape index (κ3) is 3.73. The second kappa shape index (κ2) is 5.96. The number of nitrogens with two attached hydrogens (primary N) is 1. The third-order valence-electron chi connectivity index (χ3n) is 2.21. The van der Waals surface area contributed by atoms with E-state index >= 15 is 0 Å². The molecule has 108 valence electrons. The first-order valence-corrected chi connectivity index (χ1v) is 6.26. The molecule has 1 heterocycles. The molecule has 0 radical (unpaired) electrons. The zero-order chi connectivity index (χ0) is 15.4. The molecule has 0 unspecified atom stereocenters. The summed E-state index contributed by atoms with van der Waals surface area (Å²) in [5.74, 6) is -0.436. The number of nitrogens with zero attached hydrogens (tertiary/aromatic N) is 2. The van der Waals surface area contributed by atoms with Gasteiger partial charge in [0.1, 0.15) is 11.9 Å². The number of hydrogen-bond acceptors (Lipinski definition) is 7. The number of amides is 2. The van der Waals surface area contributed by atoms with E-state index < -0.39 is 16.9 Å². The average Bonchev–Trinajstić information content (AvgIpc) is 2.87. The number of anilines is 1. The van der Waals surface area contributed by atoms with E-state index in [1.807, 2.05) is 0 Å². The van der Waals surface area contributed by atoms with Crippen LogP contribution in [0, 0.1) is 10.1 Å². The fourth-order valence-electron chi connectivity index (χ4n) is 1.39. The summed E-state index contributed by atoms with van der Waals surface area (Å²) in [7, 11) is 0. The van der Waals surface area contributed by atoms with Gasteiger partial charge < -0.3 is 10.5 Å². The fourth-order valence-corrected chi connectivity index (χ4v) is 2.02. The highest BCUT2D eigenvalue weighted by molar-refractivity contribution is 7.18. The Hall–Kier alpha value is -3.01. The number of carbonyl (C=O) groups is 2. The molecule has 21 heavy (non-hydrogen) atoms. The van der Waals surface area contributed by atoms with E-state index in [0.717, 1.165) is 17.5 Å². The van der Waals surface area contributed by atoms with Crippen molar-refractivity contribution in [2.45, 2.75) is 0 Å². The van der Waals surface area contributed by atoms with Gasteiger partial charge in [0.2, 0.25) is 0 Å². The Morgan fingerprint density at radius 2 is 2.19 bits per heavy atom. The SMILES string of the molecule is NC(=O)Oc1cccc(C(=O)Nc2ncc([N+](=O)[O-])s2)c1. The number of hydrogen-bond donors (Lipinski definition) is 2. The van der Waals surface area contributed by atoms with E-state index in [2.05, 4.69) is 15.0 Å². The molecule has 9 nitrogen and oxygen atoms in total. The maximum Gasteiger partial charge on any atom is 0.409 e. The van der Waals surface area contributed by atoms with Gasteiger partial charge in [-0.05, 0) is 29.5 Å². The van der Waals surface area contributed by atoms with Crippen LogP contribution in [0.2, 0.25) is 0 Å². The summed E-state index contributed by atoms with van der Waals surface area (Å²) in [6, 6.07) is 5.74. The van der Waals surface area contributed by atoms with Crippen molar-refractivity contribution < 1.29 is 19.2 Å². The van der Waals surface area contributed by atoms with Crippen LogP contribution >= 0.6 is 11.3 Å². The molecule has 0 aliphatic carbocycles. The van der Waals surface area contributed by atoms with Gasteiger partial charge in [0.05, 0.1) is 4.92 Å². The van der Waals surface area contributed by atoms with Crippen LogP contribution in [0.4, 0.5) is 14.9 Å². The van der Waals surface area contributed by atoms with Crippen molar-refractivity contribution in [2.75, 3.05) is 5.32 Å². The first-order chi connectivity index (χ1) is 9.95. The molecule has 0 aliphatic rings. The Morgan fingerprint density at radius 3 is 2.81 bits per heavy atom. The Morgan fingerprint density at radius 1 is 1.43 bits per heavy atom. The molecule has 0 saturated heterocycles. The Kier molecular flexibility index (Phi) is 4.09. The molecule has 10 heteroatoms. The Balaban J connectivity index is 2.12. The monoisotopic (exact) mass is 308 g/mol. The molecule has 2 aromatic rings. The number of primary amides is 1. The summed E-state index contributed by atoms with van der Waals surface area (Å²) < 4.78 is 4.65. The lowest BCUT2D eigenvalue weighted by Gasteiger charge is -2.04. The summed E-state index contributed by atoms with van der Waals surface area (Å²) in [6.45, 7) is 0. The van der Waals surface area contributed by atoms with E-state index in [-0.39, 0.29) is 21.4 Å². The Labute approximate surface area is 121 Å². The van der Waals surface area contributed by atoms with Crippen LogP contribution in [0.1, 0.15) is 10.4 Å². The predicted molar refractivity (Wildman–Crippen MR) is 73.4 cm³/mol. The molecule has 0 bridgehead atoms. The summed E-state index contributed by atoms with van der Waals surface area (Å²) in [5, 5.41) is 12.8. The summed E-state index contributed by atoms with van der Waals surface area (Å²) in [6.07, 6.45) is 0.0514. The van der Waals surface area contributed by atoms with Gasteiger partial charge in [-0.3, -0.25) is 20.2 Å². The minimum absolute atomic E-state index is 0.0907. The second-order valence-electron chi connectivity index (χ2n) is 3.66. The van der Waals surface area contributed by atoms with Gasteiger partial charge >= 0.3 is 11.1 Å². The normalized spacial score (nSPS) is 9.90. The zero-order valence-electron chi connectivity index (χ0n) is 10.3. The molecule has 0 saturated carbocycles. The first-order valence-electron chi connectivity index (χ1n) is 5.44. The molecule has 2 rings (SSSR count). The lowest BCUT2D eigenvalue weighted by Crippen LogP contribution is -2.17. The highest BCUT2D eigenvalue weighted by Crippen LogP contribution is 2.25. The van der Waals surface area contributed by atoms with E-state index in [4.69, 9.17) is 5.73 Å². The zero-order valence-corrected chi connectivity index (χ0v) is 11.1. The number of carbonyl (C=O) groups excluding carboxylic acids is 2. The van der Waals surface area contributed by atoms with Crippen molar-refractivity contribution in [3.05, 3.63) is 46.1 Å². The van der Waals surface area contributed by atoms with Gasteiger partial charge in [0, 0.05) is 5.56 Å². The molecular weight excluding hydrogens is 300 g/mol. The number of nitrogens with one attached hydrogen (secondary N) is 1. The molecular formula is C11H8N4O5S. The fraction of sp³-hybridized carbons (Fsp3) is 0. The van der Waals surface area contributed by atoms with Crippen LogP contribution in [-0.4, -0.2) is 21.9 Å². The molecule has 0 spiro atoms. The number of aromatic nitrogens is 1. The van der Waals surface area contributed by atoms with Crippen molar-refractivity contribution in [1.82, 2.24) is 4.98 Å². The van der Waals surface area contributed by atoms with Gasteiger partial charge in [-0.15, -0.1) is 0 Å². The first kappa shape index (κ1) is 14.4. The summed E-state index contributed by atoms with van der Waals surface area (Å²) >= 11 is 0.731. The van der Waals surface area contributed by atoms with Gasteiger partial charge in [-0.1, -0.05) is 6.07 Å². The van der Waals surface area contributed by atoms with Crippen LogP contribution in [-0.2, 0) is 0 Å². The maximum absolute atomic E-state index is 11.9. The van der Waals surface area contributed by atoms with Gasteiger partial charge in [-0.25, -0.2) is 9.78 Å². The van der Waals surface area contributed by atoms with Gasteiger partial charge in [-0.2, -0.15) is 0 Å². The number of benzene rings is 1. The van der Waals surface area contributed by atoms with Crippen molar-refractivity contribution >= 4 is 33.5 Å². The predicted octanol–water partition coefficient (Wildman–Crippen LogP) is 1.76. The van der Waals surface area contributed by atoms with Crippen molar-refractivity contribution in [3.63, 3.8) is 0 Å². The van der Waals surface area contributed by atoms with Crippen molar-refractivity contribution in [1.29, 1.82) is 0 Å². The Bertz CT molecular complexity index is 714. The van der Waals surface area contributed by atoms with E-state index in [1.54, 1.807) is 0 Å². The van der Waals surface area contributed by atoms with Crippen LogP contribution in [0.3, 0.4) is 0 Å². The minimum atomic E-state index is -0.997. The van der Waals surface area contributed by atoms with E-state index in [0.29, 0.717) is 0 Å². The number of nitro groups is 1. The van der Waals surface area contributed by atoms with Crippen LogP contribution in [0.25, 0.3) is 0 Å². The van der Waals surface area contributed by atoms with Crippen LogP contribution in [0.5, 0.6) is 5.75 Å². The molecule has 3 N–H and O–H groups in total. The quantitative estimate of drug-likeness (QED) is 0.652. The largest absolute Gasteiger partial charge is 0.410 e. The molecule has 0 atom stereocenters. The lowest BCUT2D eigenvalue weighted by molar-refractivity contribution is -0.380. The number of ether oxygens (including phenoxy) is 1. The maximum atomic E-state index is 11.9. The molecule has 1 aromatic heterocycles. The molecule has 2 amide bonds. The van der Waals surface area contributed by atoms with Crippen LogP contribution < -0.4 is 15.8 Å². The summed E-state index contributed by atoms with van der Waals surface area (Å²) in [4.78, 5) is 36.2. The van der Waals surface area contributed by atoms with Crippen LogP contribution in [0.15, 0.2) is 30.5 Å². The standard InChI is InChI=1S/C11H8N4O5S/c12-10(17)20-7-3-1-2-6(4-7)9(16)14-11-13-5-8(21-11)15(18)19/h1-5H,(H2,12,17)(H,13,14,16). The summed E-state index contributed by atoms with van der Waals surface area (Å²) in [5.41, 5.74) is 5.06. The van der Waals surface area contributed by atoms with E-state index in [1.165, 1.54) is 24.3 Å². The van der Waals surface area contributed by atoms with Gasteiger partial charge in [0.15, 0.2) is 5.13 Å². The van der Waals surface area contributed by atoms with Crippen molar-refractivity contribution in [2.24, 2.45) is 5.73 Å². The average molecular weight is 308 g/mol. The molecule has 0 aliphatic heterocycles. The second-order valence-corrected chi connectivity index (χ2v) is 4.67. The highest BCUT2D eigenvalue weighted by atomic mass is 32.1. The smallest absolute Gasteiger partial charge is 0.409 e. The third-order valence-corrected chi connectivity index (χ3v) is 3.07. The number of rotatable bonds is 4. The minimum Gasteiger partial charge on any atom is -0.410 e. The number of thiazole rings is 1. The topological polar surface area (TPSA) is 137 Å². The van der Waals surface area contributed by atoms with E-state index in [9.17, 15) is 19.7 Å². The van der Waals surface area contributed by atoms with Gasteiger partial charge in [0.25, 0.3) is 5.91 Å². The highest BCUT2D eigenvalue weighted by Gasteiger charge is 2.15. The molecule has 1 aromatic carbocycles.